The maximum Gasteiger partial charge on any atom is 0.501 e. The van der Waals surface area contributed by atoms with Gasteiger partial charge in [0.25, 0.3) is 11.4 Å². The van der Waals surface area contributed by atoms with Crippen LogP contribution in [0, 0.1) is 19.1 Å². The second-order valence-electron chi connectivity index (χ2n) is 11.3. The summed E-state index contributed by atoms with van der Waals surface area (Å²) in [6.07, 6.45) is 3.72. The Hall–Kier alpha value is -5.77. The van der Waals surface area contributed by atoms with Crippen LogP contribution in [-0.4, -0.2) is 20.5 Å². The molecule has 1 radical (unpaired) electrons. The van der Waals surface area contributed by atoms with Gasteiger partial charge in [0.05, 0.1) is 0 Å². The molecule has 0 saturated heterocycles. The summed E-state index contributed by atoms with van der Waals surface area (Å²) < 4.78 is 6.41. The monoisotopic (exact) mass is 796 g/mol. The summed E-state index contributed by atoms with van der Waals surface area (Å²) in [7, 11) is 0. The minimum atomic E-state index is 0. The topological polar surface area (TPSA) is 36.7 Å². The molecule has 5 nitrogen and oxygen atoms in total. The van der Waals surface area contributed by atoms with E-state index in [0.29, 0.717) is 0 Å². The molecule has 0 atom stereocenters. The van der Waals surface area contributed by atoms with E-state index >= 15 is 0 Å². The van der Waals surface area contributed by atoms with E-state index in [1.165, 1.54) is 5.56 Å². The van der Waals surface area contributed by atoms with Gasteiger partial charge < -0.3 is 9.55 Å². The van der Waals surface area contributed by atoms with Crippen molar-refractivity contribution in [1.29, 1.82) is 0 Å². The van der Waals surface area contributed by atoms with Crippen LogP contribution in [0.4, 0.5) is 22.7 Å². The van der Waals surface area contributed by atoms with Gasteiger partial charge in [0.15, 0.2) is 0 Å². The molecule has 231 valence electrons. The Balaban J connectivity index is 0.000000220. The number of aromatic nitrogens is 3. The van der Waals surface area contributed by atoms with E-state index in [2.05, 4.69) is 122 Å². The Morgan fingerprint density at radius 3 is 2.12 bits per heavy atom. The van der Waals surface area contributed by atoms with Crippen LogP contribution in [0.5, 0.6) is 0 Å². The summed E-state index contributed by atoms with van der Waals surface area (Å²) in [5, 5.41) is 2.24. The van der Waals surface area contributed by atoms with Crippen molar-refractivity contribution >= 4 is 50.7 Å². The summed E-state index contributed by atoms with van der Waals surface area (Å²) in [6.45, 7) is 2.03. The molecule has 6 heteroatoms. The van der Waals surface area contributed by atoms with Gasteiger partial charge in [0.1, 0.15) is 11.3 Å². The van der Waals surface area contributed by atoms with E-state index in [1.807, 2.05) is 80.0 Å². The molecule has 5 aromatic carbocycles. The number of para-hydroxylation sites is 4. The van der Waals surface area contributed by atoms with Crippen molar-refractivity contribution in [2.45, 2.75) is 6.92 Å². The Morgan fingerprint density at radius 1 is 0.667 bits per heavy atom. The Bertz CT molecular complexity index is 2430. The number of pyridine rings is 2. The van der Waals surface area contributed by atoms with E-state index in [9.17, 15) is 0 Å². The van der Waals surface area contributed by atoms with Crippen LogP contribution >= 0.6 is 0 Å². The summed E-state index contributed by atoms with van der Waals surface area (Å²) in [5.74, 6) is 0. The molecule has 1 aliphatic rings. The predicted molar refractivity (Wildman–Crippen MR) is 191 cm³/mol. The number of hydrogen-bond donors (Lipinski definition) is 0. The van der Waals surface area contributed by atoms with E-state index in [-0.39, 0.29) is 20.1 Å². The molecular formula is C42H29IrN5. The molecule has 0 amide bonds. The second-order valence-corrected chi connectivity index (χ2v) is 11.3. The van der Waals surface area contributed by atoms with Gasteiger partial charge >= 0.3 is 6.01 Å². The Labute approximate surface area is 292 Å². The molecule has 0 fully saturated rings. The van der Waals surface area contributed by atoms with Crippen LogP contribution < -0.4 is 9.15 Å². The third kappa shape index (κ3) is 5.81. The van der Waals surface area contributed by atoms with Crippen molar-refractivity contribution in [1.82, 2.24) is 23.7 Å². The molecule has 4 heterocycles. The van der Waals surface area contributed by atoms with E-state index < -0.39 is 0 Å². The van der Waals surface area contributed by atoms with Gasteiger partial charge in [-0.2, -0.15) is 6.07 Å². The van der Waals surface area contributed by atoms with Crippen molar-refractivity contribution in [3.8, 4) is 16.9 Å². The fourth-order valence-corrected chi connectivity index (χ4v) is 5.92. The van der Waals surface area contributed by atoms with Gasteiger partial charge in [-0.15, -0.1) is 42.0 Å². The molecular weight excluding hydrogens is 767 g/mol. The average molecular weight is 796 g/mol. The van der Waals surface area contributed by atoms with Crippen molar-refractivity contribution in [2.75, 3.05) is 0 Å². The maximum absolute atomic E-state index is 4.72. The minimum Gasteiger partial charge on any atom is -0.318 e. The smallest absolute Gasteiger partial charge is 0.318 e. The van der Waals surface area contributed by atoms with E-state index in [1.54, 1.807) is 0 Å². The van der Waals surface area contributed by atoms with Crippen LogP contribution in [0.25, 0.3) is 38.9 Å². The summed E-state index contributed by atoms with van der Waals surface area (Å²) in [4.78, 5) is 9.04. The summed E-state index contributed by atoms with van der Waals surface area (Å²) in [6, 6.07) is 59.6. The zero-order valence-corrected chi connectivity index (χ0v) is 28.5. The van der Waals surface area contributed by atoms with Gasteiger partial charge in [-0.1, -0.05) is 82.8 Å². The Kier molecular flexibility index (Phi) is 8.70. The molecule has 0 aliphatic carbocycles. The maximum atomic E-state index is 4.72. The molecule has 8 aromatic rings. The van der Waals surface area contributed by atoms with Crippen LogP contribution in [0.3, 0.4) is 0 Å². The summed E-state index contributed by atoms with van der Waals surface area (Å²) >= 11 is 0. The van der Waals surface area contributed by atoms with Crippen molar-refractivity contribution in [3.63, 3.8) is 0 Å². The van der Waals surface area contributed by atoms with Crippen LogP contribution in [0.15, 0.2) is 158 Å². The average Bonchev–Trinajstić information content (AvgIpc) is 3.69. The number of rotatable bonds is 4. The molecule has 1 aliphatic heterocycles. The van der Waals surface area contributed by atoms with Gasteiger partial charge in [0.2, 0.25) is 5.69 Å². The zero-order valence-electron chi connectivity index (χ0n) is 26.1. The molecule has 0 unspecified atom stereocenters. The third-order valence-corrected chi connectivity index (χ3v) is 8.17. The van der Waals surface area contributed by atoms with Gasteiger partial charge in [0, 0.05) is 62.5 Å². The van der Waals surface area contributed by atoms with Crippen molar-refractivity contribution in [3.05, 3.63) is 176 Å². The van der Waals surface area contributed by atoms with Crippen molar-refractivity contribution in [2.24, 2.45) is 0 Å². The standard InChI is InChI=1S/C30H19N4.C12H10N.Ir/c1-3-10-22(11-4-1)32-21-33(28-16-8-7-15-27(28)32)24-17-18-25-26-14-9-19-31-30(26)34(29(25)20-24)23-12-5-2-6-13-23;1-10-7-8-12(13-9-10)11-5-3-2-4-6-11;/h1-16,18-20H;2-5,7-9H,1H3;/q+1;-1;. The largest absolute Gasteiger partial charge is 0.501 e. The van der Waals surface area contributed by atoms with Gasteiger partial charge in [-0.05, 0) is 51.9 Å². The van der Waals surface area contributed by atoms with Crippen LogP contribution in [-0.2, 0) is 20.1 Å². The first kappa shape index (κ1) is 30.9. The van der Waals surface area contributed by atoms with E-state index in [4.69, 9.17) is 4.98 Å². The predicted octanol–water partition coefficient (Wildman–Crippen LogP) is 9.69. The molecule has 9 rings (SSSR count). The fourth-order valence-electron chi connectivity index (χ4n) is 5.92. The number of hydrogen-bond acceptors (Lipinski definition) is 2. The molecule has 0 spiro atoms. The minimum absolute atomic E-state index is 0. The fraction of sp³-hybridized carbons (Fsp3) is 0.0238. The SMILES string of the molecule is C1=[N+](c2[c-]cc3c4cccnc4n(-c4ccccc4)c3c2)c2ccccc2[N+]=1c1ccccc1.Cc1ccc(-c2[c-]cccc2)nc1.[Ir]. The van der Waals surface area contributed by atoms with Gasteiger partial charge in [-0.25, -0.2) is 4.98 Å². The van der Waals surface area contributed by atoms with Crippen molar-refractivity contribution < 1.29 is 20.1 Å². The summed E-state index contributed by atoms with van der Waals surface area (Å²) in [5.41, 5.74) is 10.5. The number of fused-ring (bicyclic) bond motifs is 4. The number of aryl methyl sites for hydroxylation is 1. The molecule has 0 bridgehead atoms. The normalized spacial score (nSPS) is 11.6. The molecule has 0 saturated carbocycles. The third-order valence-electron chi connectivity index (χ3n) is 8.17. The molecule has 0 N–H and O–H groups in total. The molecule has 3 aromatic heterocycles. The first-order valence-corrected chi connectivity index (χ1v) is 15.5. The quantitative estimate of drug-likeness (QED) is 0.132. The van der Waals surface area contributed by atoms with Gasteiger partial charge in [-0.3, -0.25) is 0 Å². The first-order valence-electron chi connectivity index (χ1n) is 15.5. The zero-order chi connectivity index (χ0) is 31.6. The number of nitrogens with zero attached hydrogens (tertiary/aromatic N) is 5. The van der Waals surface area contributed by atoms with E-state index in [0.717, 1.165) is 61.6 Å². The second kappa shape index (κ2) is 13.5. The first-order chi connectivity index (χ1) is 23.2. The molecule has 48 heavy (non-hydrogen) atoms. The number of benzene rings is 5. The van der Waals surface area contributed by atoms with Crippen LogP contribution in [0.1, 0.15) is 5.56 Å². The van der Waals surface area contributed by atoms with Crippen LogP contribution in [0.2, 0.25) is 0 Å². The Morgan fingerprint density at radius 2 is 1.40 bits per heavy atom.